The molecule has 1 aromatic carbocycles. The van der Waals surface area contributed by atoms with Crippen molar-refractivity contribution < 1.29 is 44.3 Å². The molecular formula is C18H18O9. The molecular weight excluding hydrogens is 360 g/mol. The number of aliphatic hydroxyl groups is 3. The number of aliphatic hydroxyl groups excluding tert-OH is 2. The molecule has 0 amide bonds. The average molecular weight is 378 g/mol. The van der Waals surface area contributed by atoms with Crippen molar-refractivity contribution in [1.82, 2.24) is 0 Å². The van der Waals surface area contributed by atoms with Crippen LogP contribution < -0.4 is 4.74 Å². The van der Waals surface area contributed by atoms with Gasteiger partial charge in [-0.25, -0.2) is 0 Å². The van der Waals surface area contributed by atoms with Gasteiger partial charge in [0.1, 0.15) is 29.3 Å². The summed E-state index contributed by atoms with van der Waals surface area (Å²) in [6, 6.07) is 2.34. The molecule has 2 aliphatic carbocycles. The molecule has 0 saturated carbocycles. The van der Waals surface area contributed by atoms with Crippen LogP contribution in [0.15, 0.2) is 23.3 Å². The Morgan fingerprint density at radius 3 is 2.33 bits per heavy atom. The first-order chi connectivity index (χ1) is 12.5. The predicted octanol–water partition coefficient (Wildman–Crippen LogP) is -0.505. The van der Waals surface area contributed by atoms with Crippen molar-refractivity contribution >= 4 is 17.5 Å². The van der Waals surface area contributed by atoms with Gasteiger partial charge in [-0.15, -0.1) is 0 Å². The molecule has 1 aromatic rings. The summed E-state index contributed by atoms with van der Waals surface area (Å²) >= 11 is 0. The second-order valence-corrected chi connectivity index (χ2v) is 6.66. The molecule has 4 atom stereocenters. The van der Waals surface area contributed by atoms with Crippen LogP contribution in [-0.4, -0.2) is 69.0 Å². The molecule has 0 heterocycles. The Labute approximate surface area is 153 Å². The van der Waals surface area contributed by atoms with E-state index in [1.54, 1.807) is 0 Å². The number of phenolic OH excluding ortho intramolecular Hbond substituents is 1. The van der Waals surface area contributed by atoms with Crippen LogP contribution in [0.3, 0.4) is 0 Å². The highest BCUT2D eigenvalue weighted by atomic mass is 16.6. The summed E-state index contributed by atoms with van der Waals surface area (Å²) in [5, 5.41) is 41.9. The number of methoxy groups -OCH3 is 1. The van der Waals surface area contributed by atoms with E-state index in [4.69, 9.17) is 9.47 Å². The Hall–Kier alpha value is -2.75. The Bertz CT molecular complexity index is 896. The van der Waals surface area contributed by atoms with Gasteiger partial charge in [0.2, 0.25) is 0 Å². The van der Waals surface area contributed by atoms with Gasteiger partial charge in [-0.3, -0.25) is 14.4 Å². The summed E-state index contributed by atoms with van der Waals surface area (Å²) in [7, 11) is 1.30. The monoisotopic (exact) mass is 378 g/mol. The van der Waals surface area contributed by atoms with E-state index < -0.39 is 58.3 Å². The molecule has 0 fully saturated rings. The molecule has 9 heteroatoms. The van der Waals surface area contributed by atoms with Crippen LogP contribution in [0.2, 0.25) is 0 Å². The number of ether oxygens (including phenoxy) is 2. The first-order valence-electron chi connectivity index (χ1n) is 8.02. The van der Waals surface area contributed by atoms with E-state index in [-0.39, 0.29) is 16.9 Å². The van der Waals surface area contributed by atoms with Crippen molar-refractivity contribution in [2.24, 2.45) is 0 Å². The molecule has 0 aromatic heterocycles. The lowest BCUT2D eigenvalue weighted by atomic mass is 9.68. The van der Waals surface area contributed by atoms with E-state index in [1.165, 1.54) is 13.2 Å². The number of hydrogen-bond acceptors (Lipinski definition) is 9. The van der Waals surface area contributed by atoms with Crippen LogP contribution in [0, 0.1) is 0 Å². The van der Waals surface area contributed by atoms with Gasteiger partial charge < -0.3 is 29.9 Å². The van der Waals surface area contributed by atoms with E-state index >= 15 is 0 Å². The highest BCUT2D eigenvalue weighted by Gasteiger charge is 2.57. The van der Waals surface area contributed by atoms with E-state index in [0.29, 0.717) is 0 Å². The van der Waals surface area contributed by atoms with Crippen LogP contribution in [0.4, 0.5) is 0 Å². The SMILES string of the molecule is COc1cc(O)c2c(c1)C(=O)C1=C(C2=O)C(O)C(OC(C)=O)C(C)(O)C1O. The highest BCUT2D eigenvalue weighted by molar-refractivity contribution is 6.29. The topological polar surface area (TPSA) is 151 Å². The number of esters is 1. The fraction of sp³-hybridized carbons (Fsp3) is 0.389. The van der Waals surface area contributed by atoms with Gasteiger partial charge in [-0.05, 0) is 13.0 Å². The van der Waals surface area contributed by atoms with E-state index in [1.807, 2.05) is 0 Å². The van der Waals surface area contributed by atoms with Crippen LogP contribution >= 0.6 is 0 Å². The maximum Gasteiger partial charge on any atom is 0.303 e. The lowest BCUT2D eigenvalue weighted by Gasteiger charge is -2.45. The fourth-order valence-corrected chi connectivity index (χ4v) is 3.51. The Balaban J connectivity index is 2.24. The van der Waals surface area contributed by atoms with Crippen molar-refractivity contribution in [3.05, 3.63) is 34.4 Å². The second-order valence-electron chi connectivity index (χ2n) is 6.66. The number of ketones is 2. The highest BCUT2D eigenvalue weighted by Crippen LogP contribution is 2.44. The largest absolute Gasteiger partial charge is 0.507 e. The van der Waals surface area contributed by atoms with Crippen molar-refractivity contribution in [2.45, 2.75) is 37.8 Å². The second kappa shape index (κ2) is 6.15. The third-order valence-electron chi connectivity index (χ3n) is 4.86. The molecule has 2 aliphatic rings. The van der Waals surface area contributed by atoms with Gasteiger partial charge in [0.05, 0.1) is 12.7 Å². The quantitative estimate of drug-likeness (QED) is 0.499. The standard InChI is InChI=1S/C18H18O9/c1-6(19)27-17-15(23)11-12(16(24)18(17,2)25)13(21)8-4-7(26-3)5-9(20)10(8)14(11)22/h4-5,15-17,20,23-25H,1-3H3. The third-order valence-corrected chi connectivity index (χ3v) is 4.86. The van der Waals surface area contributed by atoms with Gasteiger partial charge in [-0.1, -0.05) is 0 Å². The first-order valence-corrected chi connectivity index (χ1v) is 8.02. The smallest absolute Gasteiger partial charge is 0.303 e. The van der Waals surface area contributed by atoms with Gasteiger partial charge >= 0.3 is 5.97 Å². The number of carbonyl (C=O) groups excluding carboxylic acids is 3. The number of rotatable bonds is 2. The molecule has 27 heavy (non-hydrogen) atoms. The summed E-state index contributed by atoms with van der Waals surface area (Å²) < 4.78 is 9.87. The first kappa shape index (κ1) is 19.0. The van der Waals surface area contributed by atoms with Crippen molar-refractivity contribution in [3.8, 4) is 11.5 Å². The maximum atomic E-state index is 12.9. The number of Topliss-reactive ketones (excluding diaryl/α,β-unsaturated/α-hetero) is 2. The zero-order chi connectivity index (χ0) is 20.3. The fourth-order valence-electron chi connectivity index (χ4n) is 3.51. The van der Waals surface area contributed by atoms with Gasteiger partial charge in [0.25, 0.3) is 0 Å². The Morgan fingerprint density at radius 1 is 1.15 bits per heavy atom. The van der Waals surface area contributed by atoms with Gasteiger partial charge in [0, 0.05) is 29.7 Å². The van der Waals surface area contributed by atoms with E-state index in [0.717, 1.165) is 19.9 Å². The molecule has 0 saturated heterocycles. The molecule has 144 valence electrons. The summed E-state index contributed by atoms with van der Waals surface area (Å²) in [6.45, 7) is 2.11. The summed E-state index contributed by atoms with van der Waals surface area (Å²) in [4.78, 5) is 37.2. The number of aromatic hydroxyl groups is 1. The third kappa shape index (κ3) is 2.62. The maximum absolute atomic E-state index is 12.9. The molecule has 0 spiro atoms. The molecule has 0 radical (unpaired) electrons. The summed E-state index contributed by atoms with van der Waals surface area (Å²) in [6.07, 6.45) is -5.49. The van der Waals surface area contributed by atoms with Crippen LogP contribution in [-0.2, 0) is 9.53 Å². The van der Waals surface area contributed by atoms with Crippen LogP contribution in [0.1, 0.15) is 34.6 Å². The lowest BCUT2D eigenvalue weighted by molar-refractivity contribution is -0.191. The molecule has 0 bridgehead atoms. The van der Waals surface area contributed by atoms with Crippen molar-refractivity contribution in [2.75, 3.05) is 7.11 Å². The zero-order valence-electron chi connectivity index (χ0n) is 14.7. The minimum atomic E-state index is -2.24. The number of carbonyl (C=O) groups is 3. The summed E-state index contributed by atoms with van der Waals surface area (Å²) in [5.74, 6) is -3.08. The number of benzene rings is 1. The minimum Gasteiger partial charge on any atom is -0.507 e. The average Bonchev–Trinajstić information content (AvgIpc) is 2.59. The number of phenols is 1. The summed E-state index contributed by atoms with van der Waals surface area (Å²) in [5.41, 5.74) is -3.88. The van der Waals surface area contributed by atoms with Crippen molar-refractivity contribution in [1.29, 1.82) is 0 Å². The zero-order valence-corrected chi connectivity index (χ0v) is 14.7. The van der Waals surface area contributed by atoms with E-state index in [9.17, 15) is 34.8 Å². The van der Waals surface area contributed by atoms with Crippen molar-refractivity contribution in [3.63, 3.8) is 0 Å². The van der Waals surface area contributed by atoms with Crippen LogP contribution in [0.25, 0.3) is 0 Å². The number of hydrogen-bond donors (Lipinski definition) is 4. The Kier molecular flexibility index (Phi) is 4.34. The normalized spacial score (nSPS) is 29.9. The molecule has 9 nitrogen and oxygen atoms in total. The predicted molar refractivity (Wildman–Crippen MR) is 88.5 cm³/mol. The lowest BCUT2D eigenvalue weighted by Crippen LogP contribution is -2.63. The molecule has 3 rings (SSSR count). The van der Waals surface area contributed by atoms with E-state index in [2.05, 4.69) is 0 Å². The number of fused-ring (bicyclic) bond motifs is 1. The minimum absolute atomic E-state index is 0.104. The Morgan fingerprint density at radius 2 is 1.78 bits per heavy atom. The van der Waals surface area contributed by atoms with Gasteiger partial charge in [-0.2, -0.15) is 0 Å². The molecule has 4 N–H and O–H groups in total. The van der Waals surface area contributed by atoms with Crippen LogP contribution in [0.5, 0.6) is 11.5 Å². The van der Waals surface area contributed by atoms with Gasteiger partial charge in [0.15, 0.2) is 17.7 Å². The molecule has 4 unspecified atom stereocenters. The molecule has 0 aliphatic heterocycles.